The van der Waals surface area contributed by atoms with Crippen LogP contribution in [0.2, 0.25) is 0 Å². The van der Waals surface area contributed by atoms with Crippen LogP contribution in [0.4, 0.5) is 0 Å². The Bertz CT molecular complexity index is 552. The van der Waals surface area contributed by atoms with Crippen molar-refractivity contribution in [1.29, 1.82) is 0 Å². The smallest absolute Gasteiger partial charge is 0.126 e. The van der Waals surface area contributed by atoms with Crippen LogP contribution in [0.25, 0.3) is 11.1 Å². The molecule has 3 nitrogen and oxygen atoms in total. The quantitative estimate of drug-likeness (QED) is 0.895. The summed E-state index contributed by atoms with van der Waals surface area (Å²) in [6.45, 7) is 0.643. The van der Waals surface area contributed by atoms with Gasteiger partial charge in [-0.2, -0.15) is 0 Å². The molecule has 100 valence electrons. The van der Waals surface area contributed by atoms with Gasteiger partial charge >= 0.3 is 0 Å². The highest BCUT2D eigenvalue weighted by molar-refractivity contribution is 5.72. The molecule has 2 N–H and O–H groups in total. The van der Waals surface area contributed by atoms with E-state index in [4.69, 9.17) is 15.2 Å². The Balaban J connectivity index is 2.48. The fourth-order valence-corrected chi connectivity index (χ4v) is 2.09. The normalized spacial score (nSPS) is 10.3. The van der Waals surface area contributed by atoms with Crippen molar-refractivity contribution in [3.05, 3.63) is 48.0 Å². The topological polar surface area (TPSA) is 44.5 Å². The molecule has 0 spiro atoms. The summed E-state index contributed by atoms with van der Waals surface area (Å²) in [4.78, 5) is 0. The Morgan fingerprint density at radius 2 is 1.84 bits per heavy atom. The van der Waals surface area contributed by atoms with Gasteiger partial charge in [0, 0.05) is 5.56 Å². The highest BCUT2D eigenvalue weighted by Crippen LogP contribution is 2.32. The largest absolute Gasteiger partial charge is 0.497 e. The molecule has 0 saturated carbocycles. The molecule has 0 aliphatic rings. The molecule has 0 aliphatic carbocycles. The first-order valence-corrected chi connectivity index (χ1v) is 6.30. The van der Waals surface area contributed by atoms with Crippen molar-refractivity contribution in [2.24, 2.45) is 5.73 Å². The average molecular weight is 257 g/mol. The van der Waals surface area contributed by atoms with Gasteiger partial charge in [0.25, 0.3) is 0 Å². The van der Waals surface area contributed by atoms with Crippen LogP contribution in [0.5, 0.6) is 11.5 Å². The molecular weight excluding hydrogens is 238 g/mol. The summed E-state index contributed by atoms with van der Waals surface area (Å²) in [6.07, 6.45) is 0.862. The minimum absolute atomic E-state index is 0.643. The van der Waals surface area contributed by atoms with Gasteiger partial charge in [0.15, 0.2) is 0 Å². The molecule has 0 heterocycles. The van der Waals surface area contributed by atoms with Crippen LogP contribution >= 0.6 is 0 Å². The Labute approximate surface area is 114 Å². The summed E-state index contributed by atoms with van der Waals surface area (Å²) >= 11 is 0. The number of benzene rings is 2. The number of ether oxygens (including phenoxy) is 2. The minimum Gasteiger partial charge on any atom is -0.497 e. The standard InChI is InChI=1S/C16H19NO2/c1-18-14-5-3-4-13(11-14)15-10-12(8-9-17)6-7-16(15)19-2/h3-7,10-11H,8-9,17H2,1-2H3. The van der Waals surface area contributed by atoms with Gasteiger partial charge < -0.3 is 15.2 Å². The van der Waals surface area contributed by atoms with Crippen LogP contribution in [0.3, 0.4) is 0 Å². The molecule has 0 radical (unpaired) electrons. The van der Waals surface area contributed by atoms with Crippen LogP contribution in [-0.4, -0.2) is 20.8 Å². The maximum Gasteiger partial charge on any atom is 0.126 e. The maximum atomic E-state index is 5.61. The van der Waals surface area contributed by atoms with E-state index in [1.165, 1.54) is 5.56 Å². The summed E-state index contributed by atoms with van der Waals surface area (Å²) in [7, 11) is 3.35. The maximum absolute atomic E-state index is 5.61. The van der Waals surface area contributed by atoms with E-state index in [9.17, 15) is 0 Å². The van der Waals surface area contributed by atoms with E-state index in [0.717, 1.165) is 29.0 Å². The first-order valence-electron chi connectivity index (χ1n) is 6.30. The second-order valence-corrected chi connectivity index (χ2v) is 4.31. The Kier molecular flexibility index (Phi) is 4.42. The molecule has 0 aromatic heterocycles. The second-order valence-electron chi connectivity index (χ2n) is 4.31. The fourth-order valence-electron chi connectivity index (χ4n) is 2.09. The molecule has 0 amide bonds. The summed E-state index contributed by atoms with van der Waals surface area (Å²) in [6, 6.07) is 14.1. The van der Waals surface area contributed by atoms with Gasteiger partial charge in [0.1, 0.15) is 11.5 Å². The predicted octanol–water partition coefficient (Wildman–Crippen LogP) is 2.87. The third kappa shape index (κ3) is 3.06. The summed E-state index contributed by atoms with van der Waals surface area (Å²) in [5.41, 5.74) is 8.96. The molecule has 0 saturated heterocycles. The monoisotopic (exact) mass is 257 g/mol. The highest BCUT2D eigenvalue weighted by Gasteiger charge is 2.08. The van der Waals surface area contributed by atoms with Crippen LogP contribution in [-0.2, 0) is 6.42 Å². The van der Waals surface area contributed by atoms with Gasteiger partial charge in [-0.25, -0.2) is 0 Å². The van der Waals surface area contributed by atoms with Gasteiger partial charge in [-0.15, -0.1) is 0 Å². The van der Waals surface area contributed by atoms with Gasteiger partial charge in [-0.3, -0.25) is 0 Å². The van der Waals surface area contributed by atoms with Crippen LogP contribution in [0.1, 0.15) is 5.56 Å². The SMILES string of the molecule is COc1cccc(-c2cc(CCN)ccc2OC)c1. The van der Waals surface area contributed by atoms with E-state index in [0.29, 0.717) is 6.54 Å². The first-order chi connectivity index (χ1) is 9.28. The number of methoxy groups -OCH3 is 2. The molecule has 0 aliphatic heterocycles. The minimum atomic E-state index is 0.643. The molecule has 0 bridgehead atoms. The van der Waals surface area contributed by atoms with Crippen LogP contribution in [0.15, 0.2) is 42.5 Å². The number of hydrogen-bond donors (Lipinski definition) is 1. The van der Waals surface area contributed by atoms with Crippen molar-refractivity contribution < 1.29 is 9.47 Å². The average Bonchev–Trinajstić information content (AvgIpc) is 2.47. The molecule has 0 fully saturated rings. The Hall–Kier alpha value is -2.00. The van der Waals surface area contributed by atoms with Crippen molar-refractivity contribution >= 4 is 0 Å². The van der Waals surface area contributed by atoms with Gasteiger partial charge in [-0.1, -0.05) is 18.2 Å². The number of hydrogen-bond acceptors (Lipinski definition) is 3. The molecule has 2 aromatic rings. The van der Waals surface area contributed by atoms with E-state index in [1.807, 2.05) is 30.3 Å². The molecular formula is C16H19NO2. The van der Waals surface area contributed by atoms with E-state index < -0.39 is 0 Å². The summed E-state index contributed by atoms with van der Waals surface area (Å²) in [5, 5.41) is 0. The van der Waals surface area contributed by atoms with E-state index in [1.54, 1.807) is 14.2 Å². The third-order valence-corrected chi connectivity index (χ3v) is 3.08. The van der Waals surface area contributed by atoms with Crippen LogP contribution in [0, 0.1) is 0 Å². The zero-order chi connectivity index (χ0) is 13.7. The number of nitrogens with two attached hydrogens (primary N) is 1. The zero-order valence-corrected chi connectivity index (χ0v) is 11.3. The van der Waals surface area contributed by atoms with E-state index in [2.05, 4.69) is 12.1 Å². The lowest BCUT2D eigenvalue weighted by atomic mass is 10.0. The molecule has 19 heavy (non-hydrogen) atoms. The zero-order valence-electron chi connectivity index (χ0n) is 11.3. The lowest BCUT2D eigenvalue weighted by Gasteiger charge is -2.11. The van der Waals surface area contributed by atoms with E-state index in [-0.39, 0.29) is 0 Å². The lowest BCUT2D eigenvalue weighted by molar-refractivity contribution is 0.413. The number of rotatable bonds is 5. The Morgan fingerprint density at radius 3 is 2.53 bits per heavy atom. The second kappa shape index (κ2) is 6.25. The molecule has 2 rings (SSSR count). The summed E-state index contributed by atoms with van der Waals surface area (Å²) in [5.74, 6) is 1.69. The fraction of sp³-hybridized carbons (Fsp3) is 0.250. The predicted molar refractivity (Wildman–Crippen MR) is 77.7 cm³/mol. The van der Waals surface area contributed by atoms with Gasteiger partial charge in [0.05, 0.1) is 14.2 Å². The van der Waals surface area contributed by atoms with Crippen molar-refractivity contribution in [3.63, 3.8) is 0 Å². The van der Waals surface area contributed by atoms with Crippen molar-refractivity contribution in [3.8, 4) is 22.6 Å². The van der Waals surface area contributed by atoms with Crippen molar-refractivity contribution in [2.45, 2.75) is 6.42 Å². The Morgan fingerprint density at radius 1 is 1.00 bits per heavy atom. The van der Waals surface area contributed by atoms with Crippen LogP contribution < -0.4 is 15.2 Å². The highest BCUT2D eigenvalue weighted by atomic mass is 16.5. The lowest BCUT2D eigenvalue weighted by Crippen LogP contribution is -2.03. The summed E-state index contributed by atoms with van der Waals surface area (Å²) < 4.78 is 10.7. The third-order valence-electron chi connectivity index (χ3n) is 3.08. The van der Waals surface area contributed by atoms with Crippen molar-refractivity contribution in [1.82, 2.24) is 0 Å². The van der Waals surface area contributed by atoms with Gasteiger partial charge in [0.2, 0.25) is 0 Å². The van der Waals surface area contributed by atoms with Crippen molar-refractivity contribution in [2.75, 3.05) is 20.8 Å². The van der Waals surface area contributed by atoms with Gasteiger partial charge in [-0.05, 0) is 48.4 Å². The van der Waals surface area contributed by atoms with E-state index >= 15 is 0 Å². The molecule has 0 atom stereocenters. The molecule has 3 heteroatoms. The molecule has 2 aromatic carbocycles. The first kappa shape index (κ1) is 13.4. The molecule has 0 unspecified atom stereocenters.